The normalized spacial score (nSPS) is 34.1. The third-order valence-electron chi connectivity index (χ3n) is 7.87. The highest BCUT2D eigenvalue weighted by Gasteiger charge is 2.71. The number of rotatable bonds is 3. The highest BCUT2D eigenvalue weighted by Crippen LogP contribution is 2.54. The monoisotopic (exact) mass is 425 g/mol. The number of hydrogen-bond donors (Lipinski definition) is 3. The van der Waals surface area contributed by atoms with Crippen molar-refractivity contribution in [2.24, 2.45) is 11.8 Å². The van der Waals surface area contributed by atoms with Crippen molar-refractivity contribution in [1.82, 2.24) is 10.2 Å². The fourth-order valence-corrected chi connectivity index (χ4v) is 6.31. The van der Waals surface area contributed by atoms with Gasteiger partial charge in [-0.2, -0.15) is 0 Å². The van der Waals surface area contributed by atoms with Crippen LogP contribution in [0.3, 0.4) is 0 Å². The number of fused-ring (bicyclic) bond motifs is 4. The average molecular weight is 426 g/mol. The van der Waals surface area contributed by atoms with Gasteiger partial charge in [-0.05, 0) is 37.8 Å². The van der Waals surface area contributed by atoms with E-state index in [1.165, 1.54) is 4.90 Å². The van der Waals surface area contributed by atoms with Crippen LogP contribution in [0.1, 0.15) is 63.5 Å². The fraction of sp³-hybridized carbons (Fsp3) is 0.625. The summed E-state index contributed by atoms with van der Waals surface area (Å²) in [5, 5.41) is 16.8. The number of aliphatic hydroxyl groups is 1. The number of likely N-dealkylation sites (tertiary alicyclic amines) is 1. The Kier molecular flexibility index (Phi) is 4.94. The zero-order valence-electron chi connectivity index (χ0n) is 18.2. The Balaban J connectivity index is 1.63. The molecule has 0 aromatic heterocycles. The van der Waals surface area contributed by atoms with Crippen LogP contribution in [0.4, 0.5) is 5.69 Å². The third-order valence-corrected chi connectivity index (χ3v) is 7.87. The molecule has 7 nitrogen and oxygen atoms in total. The van der Waals surface area contributed by atoms with Crippen LogP contribution in [-0.4, -0.2) is 45.9 Å². The van der Waals surface area contributed by atoms with Crippen LogP contribution in [0, 0.1) is 11.8 Å². The minimum Gasteiger partial charge on any atom is -0.392 e. The summed E-state index contributed by atoms with van der Waals surface area (Å²) in [4.78, 5) is 42.4. The lowest BCUT2D eigenvalue weighted by Crippen LogP contribution is -2.55. The molecule has 4 aliphatic rings. The molecule has 31 heavy (non-hydrogen) atoms. The van der Waals surface area contributed by atoms with Crippen LogP contribution >= 0.6 is 0 Å². The molecular formula is C24H31N3O4. The van der Waals surface area contributed by atoms with Crippen molar-refractivity contribution in [2.45, 2.75) is 82.5 Å². The van der Waals surface area contributed by atoms with E-state index in [4.69, 9.17) is 0 Å². The lowest BCUT2D eigenvalue weighted by Gasteiger charge is -2.32. The number of nitrogens with one attached hydrogen (secondary N) is 2. The second-order valence-corrected chi connectivity index (χ2v) is 9.60. The minimum atomic E-state index is -1.32. The third kappa shape index (κ3) is 2.82. The molecule has 7 heteroatoms. The first kappa shape index (κ1) is 20.6. The molecule has 5 rings (SSSR count). The molecule has 3 aliphatic heterocycles. The van der Waals surface area contributed by atoms with Crippen molar-refractivity contribution in [3.8, 4) is 0 Å². The Hall–Kier alpha value is -2.25. The minimum absolute atomic E-state index is 0.106. The van der Waals surface area contributed by atoms with E-state index in [9.17, 15) is 19.5 Å². The van der Waals surface area contributed by atoms with Gasteiger partial charge in [0.15, 0.2) is 0 Å². The lowest BCUT2D eigenvalue weighted by molar-refractivity contribution is -0.146. The molecular weight excluding hydrogens is 394 g/mol. The predicted octanol–water partition coefficient (Wildman–Crippen LogP) is 2.07. The van der Waals surface area contributed by atoms with Crippen molar-refractivity contribution in [2.75, 3.05) is 5.32 Å². The van der Waals surface area contributed by atoms with E-state index in [0.717, 1.165) is 56.1 Å². The van der Waals surface area contributed by atoms with E-state index in [-0.39, 0.29) is 23.8 Å². The maximum atomic E-state index is 13.9. The van der Waals surface area contributed by atoms with Crippen LogP contribution in [0.5, 0.6) is 0 Å². The molecule has 0 unspecified atom stereocenters. The molecule has 1 aromatic carbocycles. The van der Waals surface area contributed by atoms with Crippen molar-refractivity contribution < 1.29 is 19.5 Å². The maximum Gasteiger partial charge on any atom is 0.250 e. The Bertz CT molecular complexity index is 937. The zero-order valence-corrected chi connectivity index (χ0v) is 18.2. The predicted molar refractivity (Wildman–Crippen MR) is 115 cm³/mol. The van der Waals surface area contributed by atoms with E-state index < -0.39 is 29.5 Å². The van der Waals surface area contributed by atoms with Gasteiger partial charge in [-0.1, -0.05) is 44.7 Å². The standard InChI is InChI=1S/C24H31N3O4/c1-3-14-10-11-17-16(12-14)24(23(31)25-17)19-18(20(26-24)13(2)28)21(29)27(22(19)30)15-8-6-4-5-7-9-15/h10-13,15,18-20,26,28H,3-9H2,1-2H3,(H,25,31)/t13-,18+,19+,20+,24+/m1/s1. The summed E-state index contributed by atoms with van der Waals surface area (Å²) in [5.74, 6) is -2.38. The molecule has 0 radical (unpaired) electrons. The second-order valence-electron chi connectivity index (χ2n) is 9.60. The number of aliphatic hydroxyl groups excluding tert-OH is 1. The highest BCUT2D eigenvalue weighted by atomic mass is 16.3. The quantitative estimate of drug-likeness (QED) is 0.509. The number of nitrogens with zero attached hydrogens (tertiary/aromatic N) is 1. The molecule has 2 saturated heterocycles. The molecule has 1 saturated carbocycles. The van der Waals surface area contributed by atoms with Gasteiger partial charge in [0, 0.05) is 23.3 Å². The fourth-order valence-electron chi connectivity index (χ4n) is 6.31. The molecule has 3 amide bonds. The van der Waals surface area contributed by atoms with Crippen LogP contribution < -0.4 is 10.6 Å². The number of carbonyl (C=O) groups excluding carboxylic acids is 3. The summed E-state index contributed by atoms with van der Waals surface area (Å²) < 4.78 is 0. The largest absolute Gasteiger partial charge is 0.392 e. The van der Waals surface area contributed by atoms with E-state index >= 15 is 0 Å². The molecule has 0 bridgehead atoms. The van der Waals surface area contributed by atoms with Crippen molar-refractivity contribution in [3.63, 3.8) is 0 Å². The Morgan fingerprint density at radius 2 is 1.84 bits per heavy atom. The van der Waals surface area contributed by atoms with Gasteiger partial charge in [-0.15, -0.1) is 0 Å². The molecule has 1 spiro atoms. The smallest absolute Gasteiger partial charge is 0.250 e. The van der Waals surface area contributed by atoms with Gasteiger partial charge in [0.05, 0.1) is 17.9 Å². The molecule has 3 heterocycles. The highest BCUT2D eigenvalue weighted by molar-refractivity contribution is 6.15. The van der Waals surface area contributed by atoms with E-state index in [0.29, 0.717) is 5.69 Å². The van der Waals surface area contributed by atoms with E-state index in [2.05, 4.69) is 10.6 Å². The number of benzene rings is 1. The van der Waals surface area contributed by atoms with Gasteiger partial charge >= 0.3 is 0 Å². The van der Waals surface area contributed by atoms with Crippen LogP contribution in [0.25, 0.3) is 0 Å². The summed E-state index contributed by atoms with van der Waals surface area (Å²) in [6.45, 7) is 3.66. The van der Waals surface area contributed by atoms with Crippen LogP contribution in [-0.2, 0) is 26.3 Å². The molecule has 3 fully saturated rings. The Morgan fingerprint density at radius 3 is 2.48 bits per heavy atom. The van der Waals surface area contributed by atoms with Crippen molar-refractivity contribution >= 4 is 23.4 Å². The van der Waals surface area contributed by atoms with Crippen molar-refractivity contribution in [3.05, 3.63) is 29.3 Å². The number of amides is 3. The number of aryl methyl sites for hydroxylation is 1. The molecule has 166 valence electrons. The average Bonchev–Trinajstić information content (AvgIpc) is 3.23. The molecule has 1 aromatic rings. The van der Waals surface area contributed by atoms with Gasteiger partial charge < -0.3 is 10.4 Å². The maximum absolute atomic E-state index is 13.9. The van der Waals surface area contributed by atoms with E-state index in [1.807, 2.05) is 25.1 Å². The van der Waals surface area contributed by atoms with Gasteiger partial charge in [0.25, 0.3) is 0 Å². The second kappa shape index (κ2) is 7.41. The molecule has 1 aliphatic carbocycles. The Labute approximate surface area is 182 Å². The lowest BCUT2D eigenvalue weighted by atomic mass is 9.76. The molecule has 5 atom stereocenters. The topological polar surface area (TPSA) is 98.7 Å². The number of carbonyl (C=O) groups is 3. The van der Waals surface area contributed by atoms with E-state index in [1.54, 1.807) is 6.92 Å². The van der Waals surface area contributed by atoms with Gasteiger partial charge in [0.2, 0.25) is 17.7 Å². The van der Waals surface area contributed by atoms with Gasteiger partial charge in [-0.3, -0.25) is 24.6 Å². The summed E-state index contributed by atoms with van der Waals surface area (Å²) in [6, 6.07) is 5.05. The first-order chi connectivity index (χ1) is 14.9. The van der Waals surface area contributed by atoms with Gasteiger partial charge in [-0.25, -0.2) is 0 Å². The zero-order chi connectivity index (χ0) is 21.9. The van der Waals surface area contributed by atoms with Crippen LogP contribution in [0.2, 0.25) is 0 Å². The summed E-state index contributed by atoms with van der Waals surface area (Å²) >= 11 is 0. The summed E-state index contributed by atoms with van der Waals surface area (Å²) in [6.07, 6.45) is 5.82. The number of imide groups is 1. The SMILES string of the molecule is CCc1ccc2c(c1)[C@@]1(N[C@@H]([C@@H](C)O)[C@H]3C(=O)N(C4CCCCCC4)C(=O)[C@H]31)C(=O)N2. The number of hydrogen-bond acceptors (Lipinski definition) is 5. The van der Waals surface area contributed by atoms with Crippen LogP contribution in [0.15, 0.2) is 18.2 Å². The number of anilines is 1. The van der Waals surface area contributed by atoms with Crippen molar-refractivity contribution in [1.29, 1.82) is 0 Å². The Morgan fingerprint density at radius 1 is 1.13 bits per heavy atom. The first-order valence-corrected chi connectivity index (χ1v) is 11.7. The summed E-state index contributed by atoms with van der Waals surface area (Å²) in [5.41, 5.74) is 1.14. The molecule has 3 N–H and O–H groups in total. The summed E-state index contributed by atoms with van der Waals surface area (Å²) in [7, 11) is 0. The first-order valence-electron chi connectivity index (χ1n) is 11.7. The van der Waals surface area contributed by atoms with Gasteiger partial charge in [0.1, 0.15) is 5.54 Å².